The van der Waals surface area contributed by atoms with Gasteiger partial charge in [0.05, 0.1) is 0 Å². The van der Waals surface area contributed by atoms with E-state index < -0.39 is 0 Å². The number of H-pyrrole nitrogens is 1. The van der Waals surface area contributed by atoms with Crippen LogP contribution in [0.3, 0.4) is 0 Å². The van der Waals surface area contributed by atoms with Crippen LogP contribution in [0.4, 0.5) is 0 Å². The van der Waals surface area contributed by atoms with Gasteiger partial charge in [0, 0.05) is 10.9 Å². The van der Waals surface area contributed by atoms with Crippen molar-refractivity contribution in [1.82, 2.24) is 4.98 Å². The van der Waals surface area contributed by atoms with Crippen LogP contribution in [0, 0.1) is 11.3 Å². The van der Waals surface area contributed by atoms with Crippen LogP contribution in [0.25, 0.3) is 10.9 Å². The number of aromatic nitrogens is 1. The van der Waals surface area contributed by atoms with Crippen LogP contribution in [-0.4, -0.2) is 4.98 Å². The molecule has 0 bridgehead atoms. The Labute approximate surface area is 76.2 Å². The molecule has 0 fully saturated rings. The lowest BCUT2D eigenvalue weighted by molar-refractivity contribution is 1.37. The fourth-order valence-corrected chi connectivity index (χ4v) is 1.13. The van der Waals surface area contributed by atoms with Gasteiger partial charge in [0.15, 0.2) is 0 Å². The van der Waals surface area contributed by atoms with E-state index >= 15 is 0 Å². The number of nitrogens with zero attached hydrogens (tertiary/aromatic N) is 1. The van der Waals surface area contributed by atoms with Gasteiger partial charge in [0.1, 0.15) is 11.8 Å². The zero-order chi connectivity index (χ0) is 7.68. The minimum Gasteiger partial charge on any atom is -0.346 e. The fourth-order valence-electron chi connectivity index (χ4n) is 1.13. The average molecular weight is 179 g/mol. The van der Waals surface area contributed by atoms with Crippen molar-refractivity contribution in [1.29, 1.82) is 5.26 Å². The number of nitrogens with one attached hydrogen (secondary N) is 1. The van der Waals surface area contributed by atoms with Crippen molar-refractivity contribution in [2.75, 3.05) is 0 Å². The molecule has 12 heavy (non-hydrogen) atoms. The van der Waals surface area contributed by atoms with Crippen molar-refractivity contribution in [3.63, 3.8) is 0 Å². The standard InChI is InChI=1S/C9H6N2.ClH/c10-6-8-5-7-3-1-2-4-9(7)11-8;/h1-5,11H;1H. The van der Waals surface area contributed by atoms with Crippen molar-refractivity contribution in [3.05, 3.63) is 36.0 Å². The summed E-state index contributed by atoms with van der Waals surface area (Å²) in [6.07, 6.45) is 0. The monoisotopic (exact) mass is 178 g/mol. The molecule has 0 aliphatic carbocycles. The molecule has 0 saturated carbocycles. The molecule has 3 heteroatoms. The van der Waals surface area contributed by atoms with Gasteiger partial charge < -0.3 is 4.98 Å². The number of nitriles is 1. The quantitative estimate of drug-likeness (QED) is 0.662. The van der Waals surface area contributed by atoms with E-state index in [0.29, 0.717) is 5.69 Å². The Kier molecular flexibility index (Phi) is 2.37. The van der Waals surface area contributed by atoms with E-state index in [4.69, 9.17) is 5.26 Å². The summed E-state index contributed by atoms with van der Waals surface area (Å²) >= 11 is 0. The van der Waals surface area contributed by atoms with Crippen LogP contribution < -0.4 is 0 Å². The molecule has 0 unspecified atom stereocenters. The maximum absolute atomic E-state index is 8.56. The average Bonchev–Trinajstić information content (AvgIpc) is 2.46. The Hall–Kier alpha value is -1.46. The zero-order valence-corrected chi connectivity index (χ0v) is 7.06. The molecule has 1 N–H and O–H groups in total. The molecule has 2 rings (SSSR count). The Morgan fingerprint density at radius 1 is 1.25 bits per heavy atom. The number of halogens is 1. The third-order valence-electron chi connectivity index (χ3n) is 1.65. The summed E-state index contributed by atoms with van der Waals surface area (Å²) in [6.45, 7) is 0. The molecule has 2 nitrogen and oxygen atoms in total. The largest absolute Gasteiger partial charge is 0.346 e. The van der Waals surface area contributed by atoms with E-state index in [1.54, 1.807) is 0 Å². The highest BCUT2D eigenvalue weighted by Crippen LogP contribution is 2.13. The van der Waals surface area contributed by atoms with E-state index in [0.717, 1.165) is 10.9 Å². The summed E-state index contributed by atoms with van der Waals surface area (Å²) < 4.78 is 0. The lowest BCUT2D eigenvalue weighted by Crippen LogP contribution is -1.67. The predicted molar refractivity (Wildman–Crippen MR) is 50.3 cm³/mol. The van der Waals surface area contributed by atoms with E-state index in [9.17, 15) is 0 Å². The Morgan fingerprint density at radius 3 is 2.67 bits per heavy atom. The van der Waals surface area contributed by atoms with Crippen molar-refractivity contribution >= 4 is 23.3 Å². The summed E-state index contributed by atoms with van der Waals surface area (Å²) in [4.78, 5) is 2.98. The van der Waals surface area contributed by atoms with Gasteiger partial charge in [0.2, 0.25) is 0 Å². The molecule has 1 aromatic heterocycles. The minimum atomic E-state index is 0. The smallest absolute Gasteiger partial charge is 0.118 e. The third kappa shape index (κ3) is 1.27. The molecular formula is C9H7ClN2. The zero-order valence-electron chi connectivity index (χ0n) is 6.24. The van der Waals surface area contributed by atoms with E-state index in [1.807, 2.05) is 30.3 Å². The van der Waals surface area contributed by atoms with E-state index in [1.165, 1.54) is 0 Å². The molecule has 0 saturated heterocycles. The topological polar surface area (TPSA) is 39.6 Å². The van der Waals surface area contributed by atoms with Gasteiger partial charge in [-0.1, -0.05) is 18.2 Å². The first-order valence-corrected chi connectivity index (χ1v) is 3.38. The van der Waals surface area contributed by atoms with Crippen LogP contribution >= 0.6 is 12.4 Å². The van der Waals surface area contributed by atoms with Crippen molar-refractivity contribution in [3.8, 4) is 6.07 Å². The first-order chi connectivity index (χ1) is 5.40. The van der Waals surface area contributed by atoms with Crippen molar-refractivity contribution in [2.45, 2.75) is 0 Å². The maximum Gasteiger partial charge on any atom is 0.118 e. The molecule has 1 heterocycles. The normalized spacial score (nSPS) is 8.92. The van der Waals surface area contributed by atoms with E-state index in [2.05, 4.69) is 11.1 Å². The van der Waals surface area contributed by atoms with Crippen LogP contribution in [0.5, 0.6) is 0 Å². The number of fused-ring (bicyclic) bond motifs is 1. The molecule has 60 valence electrons. The first-order valence-electron chi connectivity index (χ1n) is 3.38. The molecular weight excluding hydrogens is 172 g/mol. The van der Waals surface area contributed by atoms with Gasteiger partial charge in [-0.25, -0.2) is 0 Å². The number of rotatable bonds is 0. The van der Waals surface area contributed by atoms with Crippen LogP contribution in [0.1, 0.15) is 5.69 Å². The number of benzene rings is 1. The summed E-state index contributed by atoms with van der Waals surface area (Å²) in [5, 5.41) is 9.64. The van der Waals surface area contributed by atoms with Crippen LogP contribution in [0.2, 0.25) is 0 Å². The van der Waals surface area contributed by atoms with Gasteiger partial charge in [0.25, 0.3) is 0 Å². The van der Waals surface area contributed by atoms with Gasteiger partial charge in [-0.15, -0.1) is 12.4 Å². The number of aromatic amines is 1. The number of hydrogen-bond donors (Lipinski definition) is 1. The number of hydrogen-bond acceptors (Lipinski definition) is 1. The maximum atomic E-state index is 8.56. The van der Waals surface area contributed by atoms with Crippen LogP contribution in [-0.2, 0) is 0 Å². The summed E-state index contributed by atoms with van der Waals surface area (Å²) in [7, 11) is 0. The highest BCUT2D eigenvalue weighted by molar-refractivity contribution is 5.85. The van der Waals surface area contributed by atoms with Gasteiger partial charge in [-0.05, 0) is 12.1 Å². The van der Waals surface area contributed by atoms with Crippen LogP contribution in [0.15, 0.2) is 30.3 Å². The summed E-state index contributed by atoms with van der Waals surface area (Å²) in [5.74, 6) is 0. The van der Waals surface area contributed by atoms with Gasteiger partial charge in [-0.2, -0.15) is 5.26 Å². The molecule has 0 radical (unpaired) electrons. The second kappa shape index (κ2) is 3.29. The molecule has 0 spiro atoms. The van der Waals surface area contributed by atoms with E-state index in [-0.39, 0.29) is 12.4 Å². The lowest BCUT2D eigenvalue weighted by atomic mass is 10.2. The predicted octanol–water partition coefficient (Wildman–Crippen LogP) is 2.46. The Bertz CT molecular complexity index is 392. The molecule has 1 aromatic carbocycles. The number of para-hydroxylation sites is 1. The summed E-state index contributed by atoms with van der Waals surface area (Å²) in [5.41, 5.74) is 1.63. The second-order valence-corrected chi connectivity index (χ2v) is 2.38. The highest BCUT2D eigenvalue weighted by atomic mass is 35.5. The molecule has 0 aliphatic heterocycles. The first kappa shape index (κ1) is 8.63. The fraction of sp³-hybridized carbons (Fsp3) is 0. The second-order valence-electron chi connectivity index (χ2n) is 2.38. The minimum absolute atomic E-state index is 0. The molecule has 0 amide bonds. The Morgan fingerprint density at radius 2 is 2.00 bits per heavy atom. The van der Waals surface area contributed by atoms with Crippen molar-refractivity contribution in [2.24, 2.45) is 0 Å². The van der Waals surface area contributed by atoms with Crippen molar-refractivity contribution < 1.29 is 0 Å². The summed E-state index contributed by atoms with van der Waals surface area (Å²) in [6, 6.07) is 11.7. The lowest BCUT2D eigenvalue weighted by Gasteiger charge is -1.83. The SMILES string of the molecule is Cl.N#Cc1cc2ccccc2[nH]1. The van der Waals surface area contributed by atoms with Gasteiger partial charge in [-0.3, -0.25) is 0 Å². The Balaban J connectivity index is 0.000000720. The highest BCUT2D eigenvalue weighted by Gasteiger charge is 1.95. The molecule has 0 aliphatic rings. The molecule has 0 atom stereocenters. The molecule has 2 aromatic rings. The van der Waals surface area contributed by atoms with Gasteiger partial charge >= 0.3 is 0 Å². The third-order valence-corrected chi connectivity index (χ3v) is 1.65.